The SMILES string of the molecule is C[C@@H]1c2ccccc2O[C@@]1(C)C(=O)O. The standard InChI is InChI=1S/C11H12O3/c1-7-8-5-3-4-6-9(8)14-11(7,2)10(12)13/h3-7H,1-2H3,(H,12,13)/t7-,11-/m1/s1. The fourth-order valence-corrected chi connectivity index (χ4v) is 1.77. The van der Waals surface area contributed by atoms with E-state index in [1.165, 1.54) is 0 Å². The van der Waals surface area contributed by atoms with Crippen molar-refractivity contribution in [2.24, 2.45) is 0 Å². The van der Waals surface area contributed by atoms with E-state index in [4.69, 9.17) is 9.84 Å². The van der Waals surface area contributed by atoms with Crippen LogP contribution in [-0.4, -0.2) is 16.7 Å². The van der Waals surface area contributed by atoms with Gasteiger partial charge >= 0.3 is 5.97 Å². The maximum atomic E-state index is 11.1. The number of para-hydroxylation sites is 1. The number of carboxylic acid groups (broad SMARTS) is 1. The van der Waals surface area contributed by atoms with E-state index in [2.05, 4.69) is 0 Å². The normalized spacial score (nSPS) is 29.4. The lowest BCUT2D eigenvalue weighted by Crippen LogP contribution is -2.42. The van der Waals surface area contributed by atoms with Gasteiger partial charge in [-0.15, -0.1) is 0 Å². The molecule has 2 atom stereocenters. The molecule has 3 nitrogen and oxygen atoms in total. The molecule has 0 fully saturated rings. The number of fused-ring (bicyclic) bond motifs is 1. The molecule has 0 unspecified atom stereocenters. The second-order valence-corrected chi connectivity index (χ2v) is 3.77. The molecule has 3 heteroatoms. The van der Waals surface area contributed by atoms with Gasteiger partial charge in [0.2, 0.25) is 5.60 Å². The van der Waals surface area contributed by atoms with E-state index in [1.807, 2.05) is 25.1 Å². The summed E-state index contributed by atoms with van der Waals surface area (Å²) in [6.45, 7) is 3.49. The first-order valence-corrected chi connectivity index (χ1v) is 4.57. The van der Waals surface area contributed by atoms with Crippen LogP contribution >= 0.6 is 0 Å². The third-order valence-corrected chi connectivity index (χ3v) is 2.96. The number of hydrogen-bond acceptors (Lipinski definition) is 2. The molecule has 1 N–H and O–H groups in total. The van der Waals surface area contributed by atoms with Gasteiger partial charge in [-0.05, 0) is 13.0 Å². The third kappa shape index (κ3) is 1.02. The van der Waals surface area contributed by atoms with Gasteiger partial charge < -0.3 is 9.84 Å². The summed E-state index contributed by atoms with van der Waals surface area (Å²) in [7, 11) is 0. The first kappa shape index (κ1) is 9.06. The molecule has 0 spiro atoms. The van der Waals surface area contributed by atoms with E-state index in [1.54, 1.807) is 13.0 Å². The highest BCUT2D eigenvalue weighted by Gasteiger charge is 2.48. The van der Waals surface area contributed by atoms with Crippen molar-refractivity contribution in [1.29, 1.82) is 0 Å². The van der Waals surface area contributed by atoms with Gasteiger partial charge in [-0.1, -0.05) is 25.1 Å². The molecule has 0 amide bonds. The molecule has 0 saturated carbocycles. The van der Waals surface area contributed by atoms with Crippen molar-refractivity contribution < 1.29 is 14.6 Å². The molecule has 0 radical (unpaired) electrons. The van der Waals surface area contributed by atoms with Gasteiger partial charge in [-0.3, -0.25) is 0 Å². The summed E-state index contributed by atoms with van der Waals surface area (Å²) in [4.78, 5) is 11.1. The monoisotopic (exact) mass is 192 g/mol. The summed E-state index contributed by atoms with van der Waals surface area (Å²) < 4.78 is 5.47. The molecular weight excluding hydrogens is 180 g/mol. The van der Waals surface area contributed by atoms with E-state index in [0.29, 0.717) is 5.75 Å². The smallest absolute Gasteiger partial charge is 0.348 e. The van der Waals surface area contributed by atoms with Gasteiger partial charge in [0.15, 0.2) is 0 Å². The molecule has 1 aliphatic heterocycles. The second kappa shape index (κ2) is 2.74. The van der Waals surface area contributed by atoms with Crippen LogP contribution in [0.2, 0.25) is 0 Å². The van der Waals surface area contributed by atoms with Gasteiger partial charge in [0.05, 0.1) is 0 Å². The van der Waals surface area contributed by atoms with E-state index in [0.717, 1.165) is 5.56 Å². The van der Waals surface area contributed by atoms with Gasteiger partial charge in [-0.2, -0.15) is 0 Å². The van der Waals surface area contributed by atoms with Crippen molar-refractivity contribution >= 4 is 5.97 Å². The van der Waals surface area contributed by atoms with Crippen LogP contribution in [0, 0.1) is 0 Å². The Morgan fingerprint density at radius 3 is 2.71 bits per heavy atom. The maximum Gasteiger partial charge on any atom is 0.348 e. The van der Waals surface area contributed by atoms with Crippen molar-refractivity contribution in [2.75, 3.05) is 0 Å². The molecule has 1 aromatic carbocycles. The molecule has 0 aromatic heterocycles. The topological polar surface area (TPSA) is 46.5 Å². The van der Waals surface area contributed by atoms with Gasteiger partial charge in [0.1, 0.15) is 5.75 Å². The highest BCUT2D eigenvalue weighted by molar-refractivity contribution is 5.80. The van der Waals surface area contributed by atoms with Crippen molar-refractivity contribution in [3.05, 3.63) is 29.8 Å². The van der Waals surface area contributed by atoms with Gasteiger partial charge in [0, 0.05) is 11.5 Å². The maximum absolute atomic E-state index is 11.1. The van der Waals surface area contributed by atoms with Crippen LogP contribution < -0.4 is 4.74 Å². The average molecular weight is 192 g/mol. The lowest BCUT2D eigenvalue weighted by atomic mass is 9.87. The first-order chi connectivity index (χ1) is 6.55. The highest BCUT2D eigenvalue weighted by Crippen LogP contribution is 2.44. The van der Waals surface area contributed by atoms with Crippen molar-refractivity contribution in [1.82, 2.24) is 0 Å². The number of rotatable bonds is 1. The Bertz CT molecular complexity index is 386. The Hall–Kier alpha value is -1.51. The molecule has 0 aliphatic carbocycles. The number of benzene rings is 1. The number of carbonyl (C=O) groups is 1. The molecule has 14 heavy (non-hydrogen) atoms. The number of carboxylic acids is 1. The second-order valence-electron chi connectivity index (χ2n) is 3.77. The van der Waals surface area contributed by atoms with Crippen LogP contribution in [0.4, 0.5) is 0 Å². The molecule has 0 saturated heterocycles. The van der Waals surface area contributed by atoms with Crippen LogP contribution in [0.15, 0.2) is 24.3 Å². The lowest BCUT2D eigenvalue weighted by Gasteiger charge is -2.23. The lowest BCUT2D eigenvalue weighted by molar-refractivity contribution is -0.153. The van der Waals surface area contributed by atoms with Gasteiger partial charge in [-0.25, -0.2) is 4.79 Å². The largest absolute Gasteiger partial charge is 0.478 e. The van der Waals surface area contributed by atoms with Crippen molar-refractivity contribution in [3.8, 4) is 5.75 Å². The minimum Gasteiger partial charge on any atom is -0.478 e. The summed E-state index contributed by atoms with van der Waals surface area (Å²) in [5, 5.41) is 9.09. The molecule has 1 aromatic rings. The van der Waals surface area contributed by atoms with Crippen molar-refractivity contribution in [3.63, 3.8) is 0 Å². The highest BCUT2D eigenvalue weighted by atomic mass is 16.5. The third-order valence-electron chi connectivity index (χ3n) is 2.96. The van der Waals surface area contributed by atoms with Crippen molar-refractivity contribution in [2.45, 2.75) is 25.4 Å². The Labute approximate surface area is 82.3 Å². The summed E-state index contributed by atoms with van der Waals surface area (Å²) >= 11 is 0. The van der Waals surface area contributed by atoms with E-state index in [9.17, 15) is 4.79 Å². The Balaban J connectivity index is 2.48. The number of aliphatic carboxylic acids is 1. The predicted octanol–water partition coefficient (Wildman–Crippen LogP) is 2.03. The number of hydrogen-bond donors (Lipinski definition) is 1. The van der Waals surface area contributed by atoms with Crippen LogP contribution in [0.25, 0.3) is 0 Å². The quantitative estimate of drug-likeness (QED) is 0.740. The molecule has 2 rings (SSSR count). The first-order valence-electron chi connectivity index (χ1n) is 4.57. The molecule has 74 valence electrons. The summed E-state index contributed by atoms with van der Waals surface area (Å²) in [5.74, 6) is -0.345. The zero-order chi connectivity index (χ0) is 10.3. The zero-order valence-electron chi connectivity index (χ0n) is 8.15. The fourth-order valence-electron chi connectivity index (χ4n) is 1.77. The minimum atomic E-state index is -1.12. The van der Waals surface area contributed by atoms with Gasteiger partial charge in [0.25, 0.3) is 0 Å². The Kier molecular flexibility index (Phi) is 1.77. The molecule has 0 bridgehead atoms. The summed E-state index contributed by atoms with van der Waals surface area (Å²) in [6.07, 6.45) is 0. The fraction of sp³-hybridized carbons (Fsp3) is 0.364. The van der Waals surface area contributed by atoms with Crippen LogP contribution in [-0.2, 0) is 4.79 Å². The van der Waals surface area contributed by atoms with E-state index in [-0.39, 0.29) is 5.92 Å². The van der Waals surface area contributed by atoms with Crippen LogP contribution in [0.3, 0.4) is 0 Å². The summed E-state index contributed by atoms with van der Waals surface area (Å²) in [5.41, 5.74) is -0.152. The minimum absolute atomic E-state index is 0.115. The Morgan fingerprint density at radius 2 is 2.14 bits per heavy atom. The molecule has 1 aliphatic rings. The van der Waals surface area contributed by atoms with Crippen LogP contribution in [0.5, 0.6) is 5.75 Å². The Morgan fingerprint density at radius 1 is 1.50 bits per heavy atom. The zero-order valence-corrected chi connectivity index (χ0v) is 8.15. The molecule has 1 heterocycles. The predicted molar refractivity (Wildman–Crippen MR) is 51.5 cm³/mol. The molecular formula is C11H12O3. The van der Waals surface area contributed by atoms with E-state index >= 15 is 0 Å². The van der Waals surface area contributed by atoms with Crippen LogP contribution in [0.1, 0.15) is 25.3 Å². The van der Waals surface area contributed by atoms with E-state index < -0.39 is 11.6 Å². The summed E-state index contributed by atoms with van der Waals surface area (Å²) in [6, 6.07) is 7.46. The average Bonchev–Trinajstić information content (AvgIpc) is 2.42. The number of ether oxygens (including phenoxy) is 1.